The maximum absolute atomic E-state index is 13.2. The number of nitrogens with zero attached hydrogens (tertiary/aromatic N) is 1. The molecule has 5 heteroatoms. The van der Waals surface area contributed by atoms with Crippen LogP contribution in [0.1, 0.15) is 28.3 Å². The van der Waals surface area contributed by atoms with Crippen LogP contribution in [0.25, 0.3) is 0 Å². The summed E-state index contributed by atoms with van der Waals surface area (Å²) in [5, 5.41) is 13.0. The summed E-state index contributed by atoms with van der Waals surface area (Å²) in [5.74, 6) is -0.671. The first kappa shape index (κ1) is 13.1. The van der Waals surface area contributed by atoms with E-state index in [0.717, 1.165) is 5.01 Å². The van der Waals surface area contributed by atoms with E-state index in [2.05, 4.69) is 4.98 Å². The molecule has 0 spiro atoms. The van der Waals surface area contributed by atoms with Gasteiger partial charge in [-0.1, -0.05) is 12.1 Å². The SMILES string of the molecule is Cc1nc(C(O)C(CN)c2cccc(F)c2)cs1. The van der Waals surface area contributed by atoms with Crippen LogP contribution in [-0.4, -0.2) is 16.6 Å². The standard InChI is InChI=1S/C13H15FN2OS/c1-8-16-12(7-18-8)13(17)11(6-15)9-3-2-4-10(14)5-9/h2-5,7,11,13,17H,6,15H2,1H3. The minimum absolute atomic E-state index is 0.237. The fraction of sp³-hybridized carbons (Fsp3) is 0.308. The average Bonchev–Trinajstić information content (AvgIpc) is 2.77. The van der Waals surface area contributed by atoms with Crippen molar-refractivity contribution in [2.24, 2.45) is 5.73 Å². The molecule has 1 heterocycles. The number of hydrogen-bond donors (Lipinski definition) is 2. The van der Waals surface area contributed by atoms with Crippen LogP contribution in [0.5, 0.6) is 0 Å². The van der Waals surface area contributed by atoms with Gasteiger partial charge in [-0.25, -0.2) is 9.37 Å². The summed E-state index contributed by atoms with van der Waals surface area (Å²) in [6.07, 6.45) is -0.804. The van der Waals surface area contributed by atoms with E-state index >= 15 is 0 Å². The van der Waals surface area contributed by atoms with E-state index in [9.17, 15) is 9.50 Å². The molecule has 0 aliphatic rings. The number of aliphatic hydroxyl groups excluding tert-OH is 1. The minimum atomic E-state index is -0.804. The third-order valence-electron chi connectivity index (χ3n) is 2.85. The summed E-state index contributed by atoms with van der Waals surface area (Å²) < 4.78 is 13.2. The number of aliphatic hydroxyl groups is 1. The van der Waals surface area contributed by atoms with Crippen molar-refractivity contribution < 1.29 is 9.50 Å². The molecule has 0 fully saturated rings. The largest absolute Gasteiger partial charge is 0.386 e. The molecule has 0 aliphatic heterocycles. The molecule has 0 saturated heterocycles. The van der Waals surface area contributed by atoms with Crippen LogP contribution < -0.4 is 5.73 Å². The average molecular weight is 266 g/mol. The second-order valence-electron chi connectivity index (χ2n) is 4.13. The van der Waals surface area contributed by atoms with Crippen molar-refractivity contribution in [2.45, 2.75) is 18.9 Å². The molecule has 0 bridgehead atoms. The first-order valence-corrected chi connectivity index (χ1v) is 6.55. The monoisotopic (exact) mass is 266 g/mol. The fourth-order valence-electron chi connectivity index (χ4n) is 1.91. The van der Waals surface area contributed by atoms with E-state index in [1.807, 2.05) is 12.3 Å². The highest BCUT2D eigenvalue weighted by molar-refractivity contribution is 7.09. The van der Waals surface area contributed by atoms with Crippen LogP contribution in [0.15, 0.2) is 29.6 Å². The Morgan fingerprint density at radius 1 is 1.50 bits per heavy atom. The Labute approximate surface area is 109 Å². The summed E-state index contributed by atoms with van der Waals surface area (Å²) in [6, 6.07) is 6.16. The van der Waals surface area contributed by atoms with Crippen LogP contribution in [0.3, 0.4) is 0 Å². The number of nitrogens with two attached hydrogens (primary N) is 1. The number of thiazole rings is 1. The van der Waals surface area contributed by atoms with Crippen LogP contribution in [0.2, 0.25) is 0 Å². The van der Waals surface area contributed by atoms with E-state index in [-0.39, 0.29) is 18.3 Å². The van der Waals surface area contributed by atoms with E-state index in [4.69, 9.17) is 5.73 Å². The maximum atomic E-state index is 13.2. The predicted octanol–water partition coefficient (Wildman–Crippen LogP) is 2.37. The van der Waals surface area contributed by atoms with Gasteiger partial charge in [0.05, 0.1) is 10.7 Å². The fourth-order valence-corrected chi connectivity index (χ4v) is 2.55. The number of benzene rings is 1. The van der Waals surface area contributed by atoms with Gasteiger partial charge in [-0.2, -0.15) is 0 Å². The highest BCUT2D eigenvalue weighted by atomic mass is 32.1. The summed E-state index contributed by atoms with van der Waals surface area (Å²) in [6.45, 7) is 2.11. The Hall–Kier alpha value is -1.30. The molecule has 1 aromatic heterocycles. The normalized spacial score (nSPS) is 14.4. The zero-order valence-corrected chi connectivity index (χ0v) is 10.8. The van der Waals surface area contributed by atoms with Gasteiger partial charge < -0.3 is 10.8 Å². The van der Waals surface area contributed by atoms with Crippen molar-refractivity contribution in [2.75, 3.05) is 6.54 Å². The predicted molar refractivity (Wildman–Crippen MR) is 70.0 cm³/mol. The lowest BCUT2D eigenvalue weighted by molar-refractivity contribution is 0.143. The number of aromatic nitrogens is 1. The topological polar surface area (TPSA) is 59.1 Å². The van der Waals surface area contributed by atoms with Crippen LogP contribution in [0, 0.1) is 12.7 Å². The molecule has 2 atom stereocenters. The quantitative estimate of drug-likeness (QED) is 0.893. The van der Waals surface area contributed by atoms with Crippen LogP contribution >= 0.6 is 11.3 Å². The number of aryl methyl sites for hydroxylation is 1. The Morgan fingerprint density at radius 2 is 2.28 bits per heavy atom. The van der Waals surface area contributed by atoms with Crippen LogP contribution in [-0.2, 0) is 0 Å². The lowest BCUT2D eigenvalue weighted by Gasteiger charge is -2.20. The lowest BCUT2D eigenvalue weighted by atomic mass is 9.92. The summed E-state index contributed by atoms with van der Waals surface area (Å²) in [4.78, 5) is 4.25. The smallest absolute Gasteiger partial charge is 0.123 e. The van der Waals surface area contributed by atoms with E-state index in [0.29, 0.717) is 11.3 Å². The molecule has 3 nitrogen and oxygen atoms in total. The molecule has 0 aliphatic carbocycles. The molecular weight excluding hydrogens is 251 g/mol. The summed E-state index contributed by atoms with van der Waals surface area (Å²) in [7, 11) is 0. The number of rotatable bonds is 4. The number of hydrogen-bond acceptors (Lipinski definition) is 4. The lowest BCUT2D eigenvalue weighted by Crippen LogP contribution is -2.20. The Kier molecular flexibility index (Phi) is 4.06. The van der Waals surface area contributed by atoms with E-state index in [1.54, 1.807) is 12.1 Å². The second-order valence-corrected chi connectivity index (χ2v) is 5.20. The van der Waals surface area contributed by atoms with Crippen molar-refractivity contribution in [1.82, 2.24) is 4.98 Å². The minimum Gasteiger partial charge on any atom is -0.386 e. The third kappa shape index (κ3) is 2.75. The van der Waals surface area contributed by atoms with Gasteiger partial charge in [0, 0.05) is 17.8 Å². The maximum Gasteiger partial charge on any atom is 0.123 e. The molecule has 2 unspecified atom stereocenters. The van der Waals surface area contributed by atoms with Crippen molar-refractivity contribution in [3.05, 3.63) is 51.7 Å². The molecule has 3 N–H and O–H groups in total. The molecule has 0 radical (unpaired) electrons. The Balaban J connectivity index is 2.28. The first-order valence-electron chi connectivity index (χ1n) is 5.67. The van der Waals surface area contributed by atoms with Gasteiger partial charge in [-0.05, 0) is 24.6 Å². The zero-order valence-electron chi connectivity index (χ0n) is 10.0. The molecule has 1 aromatic carbocycles. The van der Waals surface area contributed by atoms with Gasteiger partial charge in [-0.15, -0.1) is 11.3 Å². The van der Waals surface area contributed by atoms with Crippen molar-refractivity contribution in [1.29, 1.82) is 0 Å². The van der Waals surface area contributed by atoms with Crippen LogP contribution in [0.4, 0.5) is 4.39 Å². The molecule has 2 rings (SSSR count). The third-order valence-corrected chi connectivity index (χ3v) is 3.64. The second kappa shape index (κ2) is 5.56. The molecule has 2 aromatic rings. The molecular formula is C13H15FN2OS. The molecule has 0 saturated carbocycles. The summed E-state index contributed by atoms with van der Waals surface area (Å²) >= 11 is 1.47. The van der Waals surface area contributed by atoms with Gasteiger partial charge in [0.2, 0.25) is 0 Å². The zero-order chi connectivity index (χ0) is 13.1. The Morgan fingerprint density at radius 3 is 2.83 bits per heavy atom. The van der Waals surface area contributed by atoms with Gasteiger partial charge in [-0.3, -0.25) is 0 Å². The van der Waals surface area contributed by atoms with Crippen molar-refractivity contribution >= 4 is 11.3 Å². The molecule has 18 heavy (non-hydrogen) atoms. The summed E-state index contributed by atoms with van der Waals surface area (Å²) in [5.41, 5.74) is 6.98. The highest BCUT2D eigenvalue weighted by Crippen LogP contribution is 2.30. The van der Waals surface area contributed by atoms with E-state index in [1.165, 1.54) is 23.5 Å². The van der Waals surface area contributed by atoms with Gasteiger partial charge >= 0.3 is 0 Å². The Bertz CT molecular complexity index is 529. The molecule has 0 amide bonds. The van der Waals surface area contributed by atoms with Gasteiger partial charge in [0.15, 0.2) is 0 Å². The van der Waals surface area contributed by atoms with E-state index < -0.39 is 6.10 Å². The van der Waals surface area contributed by atoms with Crippen molar-refractivity contribution in [3.63, 3.8) is 0 Å². The van der Waals surface area contributed by atoms with Gasteiger partial charge in [0.25, 0.3) is 0 Å². The highest BCUT2D eigenvalue weighted by Gasteiger charge is 2.23. The number of halogens is 1. The first-order chi connectivity index (χ1) is 8.61. The van der Waals surface area contributed by atoms with Gasteiger partial charge in [0.1, 0.15) is 11.9 Å². The molecule has 96 valence electrons. The van der Waals surface area contributed by atoms with Crippen molar-refractivity contribution in [3.8, 4) is 0 Å².